The predicted molar refractivity (Wildman–Crippen MR) is 91.6 cm³/mol. The molecule has 0 N–H and O–H groups in total. The van der Waals surface area contributed by atoms with Gasteiger partial charge in [-0.3, -0.25) is 9.59 Å². The van der Waals surface area contributed by atoms with Crippen LogP contribution in [0.3, 0.4) is 0 Å². The number of rotatable bonds is 1. The van der Waals surface area contributed by atoms with Gasteiger partial charge in [0.05, 0.1) is 5.69 Å². The van der Waals surface area contributed by atoms with Gasteiger partial charge in [-0.15, -0.1) is 0 Å². The van der Waals surface area contributed by atoms with Gasteiger partial charge in [0, 0.05) is 26.6 Å². The summed E-state index contributed by atoms with van der Waals surface area (Å²) in [6, 6.07) is 15.5. The van der Waals surface area contributed by atoms with Crippen LogP contribution in [0.1, 0.15) is 20.7 Å². The van der Waals surface area contributed by atoms with Crippen LogP contribution >= 0.6 is 23.2 Å². The molecule has 1 aliphatic heterocycles. The van der Waals surface area contributed by atoms with E-state index < -0.39 is 0 Å². The monoisotopic (exact) mass is 341 g/mol. The molecule has 3 nitrogen and oxygen atoms in total. The molecule has 0 radical (unpaired) electrons. The topological polar surface area (TPSA) is 37.4 Å². The summed E-state index contributed by atoms with van der Waals surface area (Å²) in [6.45, 7) is 0. The van der Waals surface area contributed by atoms with Crippen molar-refractivity contribution in [2.45, 2.75) is 0 Å². The lowest BCUT2D eigenvalue weighted by Gasteiger charge is -2.27. The van der Waals surface area contributed by atoms with E-state index in [1.54, 1.807) is 42.5 Å². The van der Waals surface area contributed by atoms with Gasteiger partial charge in [0.25, 0.3) is 11.8 Å². The Morgan fingerprint density at radius 2 is 1.26 bits per heavy atom. The van der Waals surface area contributed by atoms with Crippen LogP contribution in [-0.4, -0.2) is 11.8 Å². The Bertz CT molecular complexity index is 926. The SMILES string of the molecule is O=C1c2cccc3cccc(c23)C(=O)N1c1cc(Cl)cc(Cl)c1. The van der Waals surface area contributed by atoms with Gasteiger partial charge < -0.3 is 0 Å². The van der Waals surface area contributed by atoms with E-state index >= 15 is 0 Å². The maximum atomic E-state index is 12.9. The molecule has 5 heteroatoms. The maximum absolute atomic E-state index is 12.9. The summed E-state index contributed by atoms with van der Waals surface area (Å²) in [7, 11) is 0. The van der Waals surface area contributed by atoms with E-state index in [1.165, 1.54) is 0 Å². The number of anilines is 1. The largest absolute Gasteiger partial charge is 0.268 e. The van der Waals surface area contributed by atoms with Crippen LogP contribution in [0.15, 0.2) is 54.6 Å². The number of imide groups is 1. The number of carbonyl (C=O) groups is 2. The Kier molecular flexibility index (Phi) is 3.15. The second-order valence-corrected chi connectivity index (χ2v) is 6.16. The van der Waals surface area contributed by atoms with Crippen molar-refractivity contribution < 1.29 is 9.59 Å². The van der Waals surface area contributed by atoms with E-state index in [-0.39, 0.29) is 11.8 Å². The van der Waals surface area contributed by atoms with E-state index in [0.29, 0.717) is 32.2 Å². The molecule has 0 atom stereocenters. The number of benzene rings is 3. The summed E-state index contributed by atoms with van der Waals surface area (Å²) >= 11 is 12.0. The lowest BCUT2D eigenvalue weighted by molar-refractivity contribution is 0.0893. The fraction of sp³-hybridized carbons (Fsp3) is 0. The first-order valence-electron chi connectivity index (χ1n) is 6.93. The van der Waals surface area contributed by atoms with Gasteiger partial charge in [0.15, 0.2) is 0 Å². The molecule has 1 aliphatic rings. The van der Waals surface area contributed by atoms with Crippen LogP contribution in [0.5, 0.6) is 0 Å². The molecule has 0 aromatic heterocycles. The van der Waals surface area contributed by atoms with Crippen LogP contribution in [0.4, 0.5) is 5.69 Å². The molecule has 23 heavy (non-hydrogen) atoms. The summed E-state index contributed by atoms with van der Waals surface area (Å²) in [5, 5.41) is 2.29. The molecular formula is C18H9Cl2NO2. The van der Waals surface area contributed by atoms with Gasteiger partial charge in [-0.25, -0.2) is 4.90 Å². The second-order valence-electron chi connectivity index (χ2n) is 5.28. The fourth-order valence-corrected chi connectivity index (χ4v) is 3.45. The molecule has 1 heterocycles. The van der Waals surface area contributed by atoms with Gasteiger partial charge in [0.1, 0.15) is 0 Å². The number of halogens is 2. The minimum absolute atomic E-state index is 0.365. The van der Waals surface area contributed by atoms with Crippen LogP contribution in [0, 0.1) is 0 Å². The molecule has 2 amide bonds. The highest BCUT2D eigenvalue weighted by Crippen LogP contribution is 2.34. The quantitative estimate of drug-likeness (QED) is 0.587. The normalized spacial score (nSPS) is 13.7. The van der Waals surface area contributed by atoms with Crippen LogP contribution in [0.2, 0.25) is 10.0 Å². The number of carbonyl (C=O) groups excluding carboxylic acids is 2. The predicted octanol–water partition coefficient (Wildman–Crippen LogP) is 4.95. The maximum Gasteiger partial charge on any atom is 0.265 e. The summed E-state index contributed by atoms with van der Waals surface area (Å²) in [5.41, 5.74) is 1.35. The standard InChI is InChI=1S/C18H9Cl2NO2/c19-11-7-12(20)9-13(8-11)21-17(22)14-5-1-3-10-4-2-6-15(16(10)14)18(21)23/h1-9H. The third-order valence-electron chi connectivity index (χ3n) is 3.88. The average Bonchev–Trinajstić information content (AvgIpc) is 2.51. The molecule has 0 fully saturated rings. The van der Waals surface area contributed by atoms with Crippen molar-refractivity contribution in [3.63, 3.8) is 0 Å². The summed E-state index contributed by atoms with van der Waals surface area (Å²) in [5.74, 6) is -0.754. The first kappa shape index (κ1) is 14.2. The van der Waals surface area contributed by atoms with Crippen molar-refractivity contribution in [1.29, 1.82) is 0 Å². The molecular weight excluding hydrogens is 333 g/mol. The number of nitrogens with zero attached hydrogens (tertiary/aromatic N) is 1. The van der Waals surface area contributed by atoms with E-state index in [1.807, 2.05) is 12.1 Å². The summed E-state index contributed by atoms with van der Waals surface area (Å²) in [4.78, 5) is 26.8. The second kappa shape index (κ2) is 5.08. The fourth-order valence-electron chi connectivity index (χ4n) is 2.93. The lowest BCUT2D eigenvalue weighted by atomic mass is 9.94. The van der Waals surface area contributed by atoms with Crippen LogP contribution in [0.25, 0.3) is 10.8 Å². The number of hydrogen-bond acceptors (Lipinski definition) is 2. The molecule has 4 rings (SSSR count). The van der Waals surface area contributed by atoms with E-state index in [0.717, 1.165) is 10.3 Å². The molecule has 0 spiro atoms. The van der Waals surface area contributed by atoms with Gasteiger partial charge >= 0.3 is 0 Å². The summed E-state index contributed by atoms with van der Waals surface area (Å²) < 4.78 is 0. The van der Waals surface area contributed by atoms with Crippen molar-refractivity contribution in [2.75, 3.05) is 4.90 Å². The Morgan fingerprint density at radius 3 is 1.78 bits per heavy atom. The van der Waals surface area contributed by atoms with Crippen molar-refractivity contribution in [3.8, 4) is 0 Å². The molecule has 0 aliphatic carbocycles. The van der Waals surface area contributed by atoms with E-state index in [2.05, 4.69) is 0 Å². The van der Waals surface area contributed by atoms with Gasteiger partial charge in [-0.2, -0.15) is 0 Å². The summed E-state index contributed by atoms with van der Waals surface area (Å²) in [6.07, 6.45) is 0. The van der Waals surface area contributed by atoms with Crippen molar-refractivity contribution in [1.82, 2.24) is 0 Å². The highest BCUT2D eigenvalue weighted by atomic mass is 35.5. The molecule has 0 saturated heterocycles. The zero-order valence-electron chi connectivity index (χ0n) is 11.7. The first-order valence-corrected chi connectivity index (χ1v) is 7.68. The first-order chi connectivity index (χ1) is 11.1. The Labute approximate surface area is 142 Å². The molecule has 0 saturated carbocycles. The van der Waals surface area contributed by atoms with Crippen molar-refractivity contribution in [3.05, 3.63) is 75.8 Å². The Morgan fingerprint density at radius 1 is 0.739 bits per heavy atom. The Balaban J connectivity index is 1.99. The van der Waals surface area contributed by atoms with Crippen LogP contribution in [-0.2, 0) is 0 Å². The van der Waals surface area contributed by atoms with Crippen molar-refractivity contribution >= 4 is 51.5 Å². The van der Waals surface area contributed by atoms with E-state index in [4.69, 9.17) is 23.2 Å². The molecule has 0 bridgehead atoms. The molecule has 112 valence electrons. The third-order valence-corrected chi connectivity index (χ3v) is 4.31. The highest BCUT2D eigenvalue weighted by molar-refractivity contribution is 6.38. The van der Waals surface area contributed by atoms with Crippen LogP contribution < -0.4 is 4.90 Å². The van der Waals surface area contributed by atoms with E-state index in [9.17, 15) is 9.59 Å². The molecule has 0 unspecified atom stereocenters. The zero-order valence-corrected chi connectivity index (χ0v) is 13.2. The molecule has 3 aromatic rings. The Hall–Kier alpha value is -2.36. The van der Waals surface area contributed by atoms with Crippen molar-refractivity contribution in [2.24, 2.45) is 0 Å². The third kappa shape index (κ3) is 2.12. The van der Waals surface area contributed by atoms with Gasteiger partial charge in [-0.1, -0.05) is 47.5 Å². The minimum atomic E-state index is -0.377. The number of hydrogen-bond donors (Lipinski definition) is 0. The smallest absolute Gasteiger partial charge is 0.265 e. The minimum Gasteiger partial charge on any atom is -0.268 e. The molecule has 3 aromatic carbocycles. The van der Waals surface area contributed by atoms with Gasteiger partial charge in [0.2, 0.25) is 0 Å². The zero-order chi connectivity index (χ0) is 16.1. The number of amides is 2. The average molecular weight is 342 g/mol. The highest BCUT2D eigenvalue weighted by Gasteiger charge is 2.33. The van der Waals surface area contributed by atoms with Gasteiger partial charge in [-0.05, 0) is 35.7 Å². The lowest BCUT2D eigenvalue weighted by Crippen LogP contribution is -2.40.